The molecule has 0 unspecified atom stereocenters. The van der Waals surface area contributed by atoms with Gasteiger partial charge >= 0.3 is 5.97 Å². The molecule has 0 spiro atoms. The number of carbonyl (C=O) groups is 4. The van der Waals surface area contributed by atoms with Crippen molar-refractivity contribution < 1.29 is 23.9 Å². The molecule has 1 aromatic carbocycles. The van der Waals surface area contributed by atoms with E-state index in [9.17, 15) is 19.2 Å². The summed E-state index contributed by atoms with van der Waals surface area (Å²) in [6, 6.07) is 7.22. The highest BCUT2D eigenvalue weighted by Crippen LogP contribution is 2.38. The van der Waals surface area contributed by atoms with E-state index in [1.165, 1.54) is 19.9 Å². The van der Waals surface area contributed by atoms with E-state index in [-0.39, 0.29) is 23.7 Å². The summed E-state index contributed by atoms with van der Waals surface area (Å²) >= 11 is 0. The molecule has 2 aliphatic rings. The lowest BCUT2D eigenvalue weighted by molar-refractivity contribution is -0.163. The van der Waals surface area contributed by atoms with Gasteiger partial charge in [-0.3, -0.25) is 19.3 Å². The maximum atomic E-state index is 12.6. The molecule has 1 saturated heterocycles. The van der Waals surface area contributed by atoms with Gasteiger partial charge in [0.1, 0.15) is 6.04 Å². The van der Waals surface area contributed by atoms with Crippen LogP contribution in [0.3, 0.4) is 0 Å². The van der Waals surface area contributed by atoms with Crippen LogP contribution in [0.5, 0.6) is 0 Å². The van der Waals surface area contributed by atoms with E-state index in [2.05, 4.69) is 5.32 Å². The van der Waals surface area contributed by atoms with Crippen molar-refractivity contribution in [3.05, 3.63) is 29.8 Å². The van der Waals surface area contributed by atoms with Gasteiger partial charge in [0.15, 0.2) is 6.10 Å². The Hall–Kier alpha value is -3.21. The van der Waals surface area contributed by atoms with E-state index >= 15 is 0 Å². The Bertz CT molecular complexity index is 867. The molecular weight excluding hydrogens is 374 g/mol. The van der Waals surface area contributed by atoms with Crippen LogP contribution >= 0.6 is 0 Å². The molecule has 1 N–H and O–H groups in total. The van der Waals surface area contributed by atoms with Crippen LogP contribution in [-0.4, -0.2) is 40.7 Å². The van der Waals surface area contributed by atoms with Gasteiger partial charge in [-0.2, -0.15) is 5.26 Å². The van der Waals surface area contributed by atoms with Gasteiger partial charge in [-0.1, -0.05) is 18.9 Å². The molecule has 3 rings (SSSR count). The van der Waals surface area contributed by atoms with Crippen LogP contribution in [0, 0.1) is 23.2 Å². The first-order chi connectivity index (χ1) is 13.8. The van der Waals surface area contributed by atoms with Crippen molar-refractivity contribution in [3.63, 3.8) is 0 Å². The van der Waals surface area contributed by atoms with Crippen LogP contribution in [0.1, 0.15) is 45.1 Å². The molecule has 29 heavy (non-hydrogen) atoms. The molecule has 1 aliphatic carbocycles. The summed E-state index contributed by atoms with van der Waals surface area (Å²) in [5, 5.41) is 11.5. The number of hydrogen-bond donors (Lipinski definition) is 1. The normalized spacial score (nSPS) is 23.0. The molecule has 152 valence electrons. The highest BCUT2D eigenvalue weighted by atomic mass is 16.5. The average molecular weight is 397 g/mol. The predicted molar refractivity (Wildman–Crippen MR) is 102 cm³/mol. The Kier molecular flexibility index (Phi) is 5.97. The highest BCUT2D eigenvalue weighted by Gasteiger charge is 2.51. The lowest BCUT2D eigenvalue weighted by Gasteiger charge is -2.23. The second kappa shape index (κ2) is 8.43. The number of amides is 3. The third kappa shape index (κ3) is 4.14. The number of likely N-dealkylation sites (tertiary alicyclic amines) is 1. The number of fused-ring (bicyclic) bond motifs is 1. The first-order valence-electron chi connectivity index (χ1n) is 9.72. The zero-order chi connectivity index (χ0) is 21.1. The predicted octanol–water partition coefficient (Wildman–Crippen LogP) is 1.99. The number of carbonyl (C=O) groups excluding carboxylic acids is 4. The first-order valence-corrected chi connectivity index (χ1v) is 9.72. The third-order valence-electron chi connectivity index (χ3n) is 5.52. The Morgan fingerprint density at radius 1 is 1.17 bits per heavy atom. The van der Waals surface area contributed by atoms with Gasteiger partial charge < -0.3 is 10.1 Å². The molecule has 4 atom stereocenters. The number of esters is 1. The number of rotatable bonds is 5. The SMILES string of the molecule is C[C@@H](OC(=O)[C@H](C)N1C(=O)[C@H]2CCCC[C@H]2C1=O)C(=O)Nc1cccc(C#N)c1. The Morgan fingerprint density at radius 3 is 2.38 bits per heavy atom. The molecule has 2 fully saturated rings. The third-order valence-corrected chi connectivity index (χ3v) is 5.52. The maximum Gasteiger partial charge on any atom is 0.329 e. The van der Waals surface area contributed by atoms with E-state index in [1.807, 2.05) is 6.07 Å². The molecule has 3 amide bonds. The van der Waals surface area contributed by atoms with E-state index in [4.69, 9.17) is 10.00 Å². The van der Waals surface area contributed by atoms with E-state index < -0.39 is 24.0 Å². The minimum absolute atomic E-state index is 0.324. The summed E-state index contributed by atoms with van der Waals surface area (Å²) in [4.78, 5) is 51.0. The number of nitrogens with zero attached hydrogens (tertiary/aromatic N) is 2. The standard InChI is InChI=1S/C21H23N3O5/c1-12(24-19(26)16-8-3-4-9-17(16)20(24)27)21(28)29-13(2)18(25)23-15-7-5-6-14(10-15)11-22/h5-7,10,12-13,16-17H,3-4,8-9H2,1-2H3,(H,23,25)/t12-,13+,16-,17+/m0/s1. The molecule has 1 heterocycles. The number of nitrogens with one attached hydrogen (secondary N) is 1. The van der Waals surface area contributed by atoms with Crippen LogP contribution in [0.2, 0.25) is 0 Å². The van der Waals surface area contributed by atoms with E-state index in [0.717, 1.165) is 17.7 Å². The topological polar surface area (TPSA) is 117 Å². The van der Waals surface area contributed by atoms with Gasteiger partial charge in [0, 0.05) is 5.69 Å². The lowest BCUT2D eigenvalue weighted by Crippen LogP contribution is -2.46. The summed E-state index contributed by atoms with van der Waals surface area (Å²) in [5.74, 6) is -2.73. The minimum atomic E-state index is -1.13. The molecule has 8 nitrogen and oxygen atoms in total. The average Bonchev–Trinajstić information content (AvgIpc) is 2.98. The fourth-order valence-electron chi connectivity index (χ4n) is 3.91. The van der Waals surface area contributed by atoms with Gasteiger partial charge in [0.25, 0.3) is 5.91 Å². The van der Waals surface area contributed by atoms with Crippen LogP contribution in [0.4, 0.5) is 5.69 Å². The lowest BCUT2D eigenvalue weighted by atomic mass is 9.81. The van der Waals surface area contributed by atoms with E-state index in [0.29, 0.717) is 24.1 Å². The van der Waals surface area contributed by atoms with Crippen molar-refractivity contribution in [2.24, 2.45) is 11.8 Å². The Balaban J connectivity index is 1.61. The summed E-state index contributed by atoms with van der Waals surface area (Å²) in [6.45, 7) is 2.85. The van der Waals surface area contributed by atoms with Crippen molar-refractivity contribution in [1.29, 1.82) is 5.26 Å². The molecule has 0 aromatic heterocycles. The fraction of sp³-hybridized carbons (Fsp3) is 0.476. The fourth-order valence-corrected chi connectivity index (χ4v) is 3.91. The largest absolute Gasteiger partial charge is 0.451 e. The first kappa shape index (κ1) is 20.5. The summed E-state index contributed by atoms with van der Waals surface area (Å²) in [6.07, 6.45) is 1.99. The zero-order valence-electron chi connectivity index (χ0n) is 16.4. The quantitative estimate of drug-likeness (QED) is 0.600. The van der Waals surface area contributed by atoms with Crippen LogP contribution < -0.4 is 5.32 Å². The zero-order valence-corrected chi connectivity index (χ0v) is 16.4. The van der Waals surface area contributed by atoms with Gasteiger partial charge in [-0.05, 0) is 44.9 Å². The van der Waals surface area contributed by atoms with Gasteiger partial charge in [0.05, 0.1) is 23.5 Å². The van der Waals surface area contributed by atoms with Gasteiger partial charge in [-0.15, -0.1) is 0 Å². The van der Waals surface area contributed by atoms with Crippen molar-refractivity contribution in [2.45, 2.75) is 51.7 Å². The van der Waals surface area contributed by atoms with Crippen LogP contribution in [0.15, 0.2) is 24.3 Å². The Labute approximate surface area is 168 Å². The van der Waals surface area contributed by atoms with Gasteiger partial charge in [-0.25, -0.2) is 4.79 Å². The number of benzene rings is 1. The Morgan fingerprint density at radius 2 is 1.79 bits per heavy atom. The van der Waals surface area contributed by atoms with Gasteiger partial charge in [0.2, 0.25) is 11.8 Å². The van der Waals surface area contributed by atoms with Crippen LogP contribution in [-0.2, 0) is 23.9 Å². The maximum absolute atomic E-state index is 12.6. The summed E-state index contributed by atoms with van der Waals surface area (Å²) < 4.78 is 5.20. The van der Waals surface area contributed by atoms with Crippen molar-refractivity contribution in [3.8, 4) is 6.07 Å². The number of anilines is 1. The molecule has 1 aliphatic heterocycles. The molecule has 0 bridgehead atoms. The number of hydrogen-bond acceptors (Lipinski definition) is 6. The summed E-state index contributed by atoms with van der Waals surface area (Å²) in [7, 11) is 0. The molecule has 0 radical (unpaired) electrons. The molecule has 1 aromatic rings. The van der Waals surface area contributed by atoms with Crippen molar-refractivity contribution in [2.75, 3.05) is 5.32 Å². The number of nitriles is 1. The number of ether oxygens (including phenoxy) is 1. The second-order valence-electron chi connectivity index (χ2n) is 7.48. The molecule has 8 heteroatoms. The molecular formula is C21H23N3O5. The van der Waals surface area contributed by atoms with Crippen molar-refractivity contribution in [1.82, 2.24) is 4.90 Å². The van der Waals surface area contributed by atoms with E-state index in [1.54, 1.807) is 18.2 Å². The summed E-state index contributed by atoms with van der Waals surface area (Å²) in [5.41, 5.74) is 0.785. The second-order valence-corrected chi connectivity index (χ2v) is 7.48. The monoisotopic (exact) mass is 397 g/mol. The number of imide groups is 1. The molecule has 1 saturated carbocycles. The van der Waals surface area contributed by atoms with Crippen LogP contribution in [0.25, 0.3) is 0 Å². The minimum Gasteiger partial charge on any atom is -0.451 e. The smallest absolute Gasteiger partial charge is 0.329 e. The van der Waals surface area contributed by atoms with Crippen molar-refractivity contribution >= 4 is 29.4 Å². The highest BCUT2D eigenvalue weighted by molar-refractivity contribution is 6.08.